The topological polar surface area (TPSA) is 107 Å². The third-order valence-electron chi connectivity index (χ3n) is 3.51. The van der Waals surface area contributed by atoms with Crippen molar-refractivity contribution in [1.82, 2.24) is 10.4 Å². The van der Waals surface area contributed by atoms with E-state index in [0.717, 1.165) is 0 Å². The Morgan fingerprint density at radius 2 is 1.70 bits per heavy atom. The number of pyridine rings is 1. The molecule has 0 radical (unpaired) electrons. The van der Waals surface area contributed by atoms with Crippen LogP contribution in [0.3, 0.4) is 0 Å². The first-order valence-corrected chi connectivity index (χ1v) is 7.89. The predicted molar refractivity (Wildman–Crippen MR) is 98.9 cm³/mol. The van der Waals surface area contributed by atoms with Crippen molar-refractivity contribution in [3.05, 3.63) is 94.3 Å². The fourth-order valence-electron chi connectivity index (χ4n) is 2.22. The molecule has 8 nitrogen and oxygen atoms in total. The lowest BCUT2D eigenvalue weighted by molar-refractivity contribution is -0.385. The summed E-state index contributed by atoms with van der Waals surface area (Å²) < 4.78 is 5.69. The van der Waals surface area contributed by atoms with Gasteiger partial charge in [0.2, 0.25) is 5.75 Å². The van der Waals surface area contributed by atoms with Crippen LogP contribution in [0.4, 0.5) is 5.69 Å². The van der Waals surface area contributed by atoms with Gasteiger partial charge in [-0.3, -0.25) is 19.9 Å². The molecule has 0 saturated carbocycles. The number of carbonyl (C=O) groups excluding carboxylic acids is 1. The molecule has 0 aliphatic rings. The number of nitro groups is 1. The fourth-order valence-corrected chi connectivity index (χ4v) is 2.22. The van der Waals surface area contributed by atoms with Gasteiger partial charge in [-0.2, -0.15) is 5.10 Å². The maximum absolute atomic E-state index is 12.0. The molecule has 0 saturated heterocycles. The molecular formula is C19H14N4O4. The zero-order valence-corrected chi connectivity index (χ0v) is 14.0. The first kappa shape index (κ1) is 17.7. The molecule has 0 aliphatic carbocycles. The largest absolute Gasteiger partial charge is 0.449 e. The van der Waals surface area contributed by atoms with E-state index in [1.165, 1.54) is 30.7 Å². The summed E-state index contributed by atoms with van der Waals surface area (Å²) in [6.07, 6.45) is 4.42. The quantitative estimate of drug-likeness (QED) is 0.410. The molecule has 1 heterocycles. The summed E-state index contributed by atoms with van der Waals surface area (Å²) in [7, 11) is 0. The van der Waals surface area contributed by atoms with E-state index >= 15 is 0 Å². The Bertz CT molecular complexity index is 990. The molecule has 8 heteroatoms. The van der Waals surface area contributed by atoms with Crippen LogP contribution in [0.2, 0.25) is 0 Å². The zero-order chi connectivity index (χ0) is 19.1. The number of benzene rings is 2. The molecule has 1 N–H and O–H groups in total. The summed E-state index contributed by atoms with van der Waals surface area (Å²) in [5.74, 6) is 0.101. The van der Waals surface area contributed by atoms with Crippen LogP contribution in [0.1, 0.15) is 15.9 Å². The molecule has 0 fully saturated rings. The van der Waals surface area contributed by atoms with Gasteiger partial charge in [0.05, 0.1) is 11.1 Å². The van der Waals surface area contributed by atoms with Gasteiger partial charge in [-0.25, -0.2) is 5.43 Å². The second-order valence-electron chi connectivity index (χ2n) is 5.30. The van der Waals surface area contributed by atoms with Crippen molar-refractivity contribution in [3.63, 3.8) is 0 Å². The zero-order valence-electron chi connectivity index (χ0n) is 14.0. The van der Waals surface area contributed by atoms with E-state index in [9.17, 15) is 14.9 Å². The van der Waals surface area contributed by atoms with E-state index in [-0.39, 0.29) is 17.3 Å². The number of nitro benzene ring substituents is 1. The predicted octanol–water partition coefficient (Wildman–Crippen LogP) is 3.55. The van der Waals surface area contributed by atoms with Crippen LogP contribution < -0.4 is 10.2 Å². The van der Waals surface area contributed by atoms with Crippen molar-refractivity contribution in [2.24, 2.45) is 5.10 Å². The normalized spacial score (nSPS) is 10.5. The smallest absolute Gasteiger partial charge is 0.311 e. The van der Waals surface area contributed by atoms with Crippen molar-refractivity contribution >= 4 is 17.8 Å². The summed E-state index contributed by atoms with van der Waals surface area (Å²) in [5.41, 5.74) is 3.23. The molecule has 1 amide bonds. The minimum absolute atomic E-state index is 0.115. The van der Waals surface area contributed by atoms with Gasteiger partial charge in [0.25, 0.3) is 5.91 Å². The number of nitrogens with one attached hydrogen (secondary N) is 1. The molecule has 0 bridgehead atoms. The highest BCUT2D eigenvalue weighted by Crippen LogP contribution is 2.31. The molecule has 27 heavy (non-hydrogen) atoms. The molecule has 1 aromatic heterocycles. The Hall–Kier alpha value is -4.07. The van der Waals surface area contributed by atoms with E-state index in [1.54, 1.807) is 48.5 Å². The van der Waals surface area contributed by atoms with Gasteiger partial charge < -0.3 is 4.74 Å². The van der Waals surface area contributed by atoms with E-state index in [2.05, 4.69) is 15.5 Å². The second-order valence-corrected chi connectivity index (χ2v) is 5.30. The number of amides is 1. The van der Waals surface area contributed by atoms with Gasteiger partial charge in [0.1, 0.15) is 5.75 Å². The summed E-state index contributed by atoms with van der Waals surface area (Å²) in [6.45, 7) is 0. The standard InChI is InChI=1S/C19H14N4O4/c24-19(14-9-11-20-12-10-14)22-21-13-15-5-1-3-7-17(15)27-18-8-4-2-6-16(18)23(25)26/h1-13H,(H,22,24). The summed E-state index contributed by atoms with van der Waals surface area (Å²) in [5, 5.41) is 15.0. The van der Waals surface area contributed by atoms with E-state index in [0.29, 0.717) is 16.9 Å². The average molecular weight is 362 g/mol. The molecule has 0 spiro atoms. The van der Waals surface area contributed by atoms with Crippen molar-refractivity contribution in [3.8, 4) is 11.5 Å². The summed E-state index contributed by atoms with van der Waals surface area (Å²) in [6, 6.07) is 16.1. The molecule has 0 unspecified atom stereocenters. The van der Waals surface area contributed by atoms with Crippen molar-refractivity contribution < 1.29 is 14.5 Å². The van der Waals surface area contributed by atoms with Gasteiger partial charge in [0.15, 0.2) is 0 Å². The molecule has 2 aromatic carbocycles. The van der Waals surface area contributed by atoms with Crippen LogP contribution in [-0.2, 0) is 0 Å². The lowest BCUT2D eigenvalue weighted by atomic mass is 10.2. The minimum atomic E-state index is -0.513. The third kappa shape index (κ3) is 4.51. The van der Waals surface area contributed by atoms with Gasteiger partial charge in [0, 0.05) is 29.6 Å². The Balaban J connectivity index is 1.77. The van der Waals surface area contributed by atoms with Crippen molar-refractivity contribution in [1.29, 1.82) is 0 Å². The van der Waals surface area contributed by atoms with Gasteiger partial charge >= 0.3 is 5.69 Å². The van der Waals surface area contributed by atoms with E-state index in [4.69, 9.17) is 4.74 Å². The highest BCUT2D eigenvalue weighted by Gasteiger charge is 2.15. The lowest BCUT2D eigenvalue weighted by Gasteiger charge is -2.08. The van der Waals surface area contributed by atoms with E-state index < -0.39 is 4.92 Å². The fraction of sp³-hybridized carbons (Fsp3) is 0. The van der Waals surface area contributed by atoms with Crippen molar-refractivity contribution in [2.75, 3.05) is 0 Å². The van der Waals surface area contributed by atoms with Crippen LogP contribution >= 0.6 is 0 Å². The number of ether oxygens (including phenoxy) is 1. The maximum Gasteiger partial charge on any atom is 0.311 e. The number of nitrogens with zero attached hydrogens (tertiary/aromatic N) is 3. The Kier molecular flexibility index (Phi) is 5.48. The molecule has 3 rings (SSSR count). The minimum Gasteiger partial charge on any atom is -0.449 e. The Morgan fingerprint density at radius 1 is 1.04 bits per heavy atom. The SMILES string of the molecule is O=C(NN=Cc1ccccc1Oc1ccccc1[N+](=O)[O-])c1ccncc1. The first-order chi connectivity index (χ1) is 13.1. The van der Waals surface area contributed by atoms with Gasteiger partial charge in [-0.15, -0.1) is 0 Å². The van der Waals surface area contributed by atoms with Crippen molar-refractivity contribution in [2.45, 2.75) is 0 Å². The number of hydrazone groups is 1. The molecule has 3 aromatic rings. The molecular weight excluding hydrogens is 348 g/mol. The van der Waals surface area contributed by atoms with Crippen LogP contribution in [0, 0.1) is 10.1 Å². The number of hydrogen-bond acceptors (Lipinski definition) is 6. The summed E-state index contributed by atoms with van der Waals surface area (Å²) >= 11 is 0. The van der Waals surface area contributed by atoms with E-state index in [1.807, 2.05) is 0 Å². The molecule has 0 aliphatic heterocycles. The third-order valence-corrected chi connectivity index (χ3v) is 3.51. The highest BCUT2D eigenvalue weighted by molar-refractivity contribution is 5.94. The number of para-hydroxylation sites is 3. The maximum atomic E-state index is 12.0. The first-order valence-electron chi connectivity index (χ1n) is 7.89. The average Bonchev–Trinajstić information content (AvgIpc) is 2.70. The Labute approximate surface area is 154 Å². The second kappa shape index (κ2) is 8.34. The molecule has 0 atom stereocenters. The number of hydrogen-bond donors (Lipinski definition) is 1. The van der Waals surface area contributed by atoms with Gasteiger partial charge in [-0.1, -0.05) is 24.3 Å². The number of carbonyl (C=O) groups is 1. The lowest BCUT2D eigenvalue weighted by Crippen LogP contribution is -2.17. The number of rotatable bonds is 6. The number of aromatic nitrogens is 1. The van der Waals surface area contributed by atoms with Crippen LogP contribution in [0.25, 0.3) is 0 Å². The van der Waals surface area contributed by atoms with Crippen LogP contribution in [0.5, 0.6) is 11.5 Å². The molecule has 134 valence electrons. The van der Waals surface area contributed by atoms with Crippen LogP contribution in [-0.4, -0.2) is 22.0 Å². The highest BCUT2D eigenvalue weighted by atomic mass is 16.6. The van der Waals surface area contributed by atoms with Crippen LogP contribution in [0.15, 0.2) is 78.2 Å². The summed E-state index contributed by atoms with van der Waals surface area (Å²) in [4.78, 5) is 26.4. The monoisotopic (exact) mass is 362 g/mol. The Morgan fingerprint density at radius 3 is 2.44 bits per heavy atom. The van der Waals surface area contributed by atoms with Gasteiger partial charge in [-0.05, 0) is 30.3 Å².